The Bertz CT molecular complexity index is 587. The van der Waals surface area contributed by atoms with Gasteiger partial charge in [-0.2, -0.15) is 0 Å². The van der Waals surface area contributed by atoms with Gasteiger partial charge in [0.05, 0.1) is 6.54 Å². The Morgan fingerprint density at radius 3 is 2.28 bits per heavy atom. The summed E-state index contributed by atoms with van der Waals surface area (Å²) in [6.07, 6.45) is 0. The fourth-order valence-electron chi connectivity index (χ4n) is 2.99. The SMILES string of the molecule is CCNC(=NCCOc1cc(C)cc(C)c1)N1CCN(C(C)=O)CC1. The third-order valence-corrected chi connectivity index (χ3v) is 4.18. The maximum Gasteiger partial charge on any atom is 0.219 e. The van der Waals surface area contributed by atoms with Crippen LogP contribution in [0.25, 0.3) is 0 Å². The van der Waals surface area contributed by atoms with E-state index < -0.39 is 0 Å². The Balaban J connectivity index is 1.86. The first-order valence-corrected chi connectivity index (χ1v) is 8.99. The largest absolute Gasteiger partial charge is 0.492 e. The molecule has 1 saturated heterocycles. The number of aryl methyl sites for hydroxylation is 2. The molecule has 2 rings (SSSR count). The van der Waals surface area contributed by atoms with Crippen LogP contribution in [-0.4, -0.2) is 67.5 Å². The van der Waals surface area contributed by atoms with Crippen LogP contribution in [0.15, 0.2) is 23.2 Å². The van der Waals surface area contributed by atoms with E-state index in [9.17, 15) is 4.79 Å². The van der Waals surface area contributed by atoms with Gasteiger partial charge >= 0.3 is 0 Å². The van der Waals surface area contributed by atoms with Gasteiger partial charge in [-0.05, 0) is 44.0 Å². The zero-order valence-corrected chi connectivity index (χ0v) is 15.8. The highest BCUT2D eigenvalue weighted by atomic mass is 16.5. The van der Waals surface area contributed by atoms with E-state index in [2.05, 4.69) is 42.0 Å². The average molecular weight is 346 g/mol. The summed E-state index contributed by atoms with van der Waals surface area (Å²) in [6, 6.07) is 6.22. The summed E-state index contributed by atoms with van der Waals surface area (Å²) >= 11 is 0. The van der Waals surface area contributed by atoms with Crippen LogP contribution in [-0.2, 0) is 4.79 Å². The van der Waals surface area contributed by atoms with Gasteiger partial charge < -0.3 is 19.9 Å². The second kappa shape index (κ2) is 9.30. The maximum atomic E-state index is 11.4. The molecule has 0 spiro atoms. The molecule has 0 aromatic heterocycles. The van der Waals surface area contributed by atoms with Crippen LogP contribution in [0.3, 0.4) is 0 Å². The fraction of sp³-hybridized carbons (Fsp3) is 0.579. The van der Waals surface area contributed by atoms with E-state index in [1.54, 1.807) is 6.92 Å². The summed E-state index contributed by atoms with van der Waals surface area (Å²) < 4.78 is 5.83. The number of ether oxygens (including phenoxy) is 1. The number of benzene rings is 1. The van der Waals surface area contributed by atoms with Gasteiger partial charge in [-0.3, -0.25) is 4.79 Å². The standard InChI is InChI=1S/C19H30N4O2/c1-5-20-19(23-9-7-22(8-10-23)17(4)24)21-6-11-25-18-13-15(2)12-16(3)14-18/h12-14H,5-11H2,1-4H3,(H,20,21). The Kier molecular flexibility index (Phi) is 7.10. The van der Waals surface area contributed by atoms with Gasteiger partial charge in [0.25, 0.3) is 0 Å². The van der Waals surface area contributed by atoms with Crippen molar-refractivity contribution < 1.29 is 9.53 Å². The van der Waals surface area contributed by atoms with Crippen molar-refractivity contribution in [2.24, 2.45) is 4.99 Å². The molecule has 0 aliphatic carbocycles. The third-order valence-electron chi connectivity index (χ3n) is 4.18. The van der Waals surface area contributed by atoms with E-state index in [4.69, 9.17) is 4.74 Å². The monoisotopic (exact) mass is 346 g/mol. The van der Waals surface area contributed by atoms with Crippen molar-refractivity contribution in [1.29, 1.82) is 0 Å². The summed E-state index contributed by atoms with van der Waals surface area (Å²) in [5.41, 5.74) is 2.41. The second-order valence-electron chi connectivity index (χ2n) is 6.40. The van der Waals surface area contributed by atoms with E-state index in [1.165, 1.54) is 11.1 Å². The Morgan fingerprint density at radius 2 is 1.72 bits per heavy atom. The molecule has 0 atom stereocenters. The molecule has 138 valence electrons. The van der Waals surface area contributed by atoms with Crippen LogP contribution >= 0.6 is 0 Å². The molecule has 1 aliphatic heterocycles. The normalized spacial score (nSPS) is 15.3. The van der Waals surface area contributed by atoms with E-state index in [0.29, 0.717) is 13.2 Å². The third kappa shape index (κ3) is 5.96. The number of carbonyl (C=O) groups is 1. The minimum absolute atomic E-state index is 0.142. The number of guanidine groups is 1. The molecule has 1 amide bonds. The summed E-state index contributed by atoms with van der Waals surface area (Å²) in [4.78, 5) is 20.2. The number of rotatable bonds is 5. The van der Waals surface area contributed by atoms with Gasteiger partial charge in [-0.1, -0.05) is 6.07 Å². The number of aliphatic imine (C=N–C) groups is 1. The molecule has 6 nitrogen and oxygen atoms in total. The summed E-state index contributed by atoms with van der Waals surface area (Å²) in [6.45, 7) is 12.9. The summed E-state index contributed by atoms with van der Waals surface area (Å²) in [7, 11) is 0. The van der Waals surface area contributed by atoms with Crippen molar-refractivity contribution in [3.8, 4) is 5.75 Å². The Hall–Kier alpha value is -2.24. The highest BCUT2D eigenvalue weighted by molar-refractivity contribution is 5.80. The number of piperazine rings is 1. The highest BCUT2D eigenvalue weighted by Crippen LogP contribution is 2.16. The molecule has 1 aliphatic rings. The molecular weight excluding hydrogens is 316 g/mol. The van der Waals surface area contributed by atoms with Gasteiger partial charge in [-0.25, -0.2) is 4.99 Å². The first-order valence-electron chi connectivity index (χ1n) is 8.99. The summed E-state index contributed by atoms with van der Waals surface area (Å²) in [5.74, 6) is 1.94. The zero-order chi connectivity index (χ0) is 18.2. The number of carbonyl (C=O) groups excluding carboxylic acids is 1. The molecular formula is C19H30N4O2. The van der Waals surface area contributed by atoms with Crippen molar-refractivity contribution in [2.75, 3.05) is 45.9 Å². The topological polar surface area (TPSA) is 57.2 Å². The minimum atomic E-state index is 0.142. The minimum Gasteiger partial charge on any atom is -0.492 e. The molecule has 0 unspecified atom stereocenters. The van der Waals surface area contributed by atoms with Gasteiger partial charge in [0.15, 0.2) is 5.96 Å². The second-order valence-corrected chi connectivity index (χ2v) is 6.40. The highest BCUT2D eigenvalue weighted by Gasteiger charge is 2.20. The number of hydrogen-bond donors (Lipinski definition) is 1. The van der Waals surface area contributed by atoms with E-state index in [1.807, 2.05) is 17.0 Å². The van der Waals surface area contributed by atoms with Crippen molar-refractivity contribution in [3.63, 3.8) is 0 Å². The Morgan fingerprint density at radius 1 is 1.12 bits per heavy atom. The molecule has 1 aromatic rings. The van der Waals surface area contributed by atoms with E-state index >= 15 is 0 Å². The maximum absolute atomic E-state index is 11.4. The quantitative estimate of drug-likeness (QED) is 0.502. The number of amides is 1. The van der Waals surface area contributed by atoms with E-state index in [-0.39, 0.29) is 5.91 Å². The van der Waals surface area contributed by atoms with Crippen molar-refractivity contribution in [2.45, 2.75) is 27.7 Å². The fourth-order valence-corrected chi connectivity index (χ4v) is 2.99. The lowest BCUT2D eigenvalue weighted by molar-refractivity contribution is -0.130. The van der Waals surface area contributed by atoms with Crippen LogP contribution < -0.4 is 10.1 Å². The van der Waals surface area contributed by atoms with Crippen LogP contribution in [0.5, 0.6) is 5.75 Å². The molecule has 0 radical (unpaired) electrons. The molecule has 25 heavy (non-hydrogen) atoms. The van der Waals surface area contributed by atoms with Crippen molar-refractivity contribution in [1.82, 2.24) is 15.1 Å². The van der Waals surface area contributed by atoms with Crippen LogP contribution in [0, 0.1) is 13.8 Å². The molecule has 0 bridgehead atoms. The zero-order valence-electron chi connectivity index (χ0n) is 15.8. The van der Waals surface area contributed by atoms with Gasteiger partial charge in [0.1, 0.15) is 12.4 Å². The molecule has 1 aromatic carbocycles. The number of hydrogen-bond acceptors (Lipinski definition) is 3. The molecule has 1 fully saturated rings. The smallest absolute Gasteiger partial charge is 0.219 e. The first kappa shape index (κ1) is 19.1. The molecule has 1 N–H and O–H groups in total. The molecule has 6 heteroatoms. The van der Waals surface area contributed by atoms with Crippen LogP contribution in [0.2, 0.25) is 0 Å². The Labute approximate surface area is 150 Å². The van der Waals surface area contributed by atoms with Crippen LogP contribution in [0.4, 0.5) is 0 Å². The lowest BCUT2D eigenvalue weighted by atomic mass is 10.1. The van der Waals surface area contributed by atoms with Crippen molar-refractivity contribution in [3.05, 3.63) is 29.3 Å². The van der Waals surface area contributed by atoms with Gasteiger partial charge in [-0.15, -0.1) is 0 Å². The molecule has 0 saturated carbocycles. The van der Waals surface area contributed by atoms with Gasteiger partial charge in [0, 0.05) is 39.6 Å². The first-order chi connectivity index (χ1) is 12.0. The molecule has 1 heterocycles. The number of nitrogens with one attached hydrogen (secondary N) is 1. The predicted octanol–water partition coefficient (Wildman–Crippen LogP) is 1.81. The lowest BCUT2D eigenvalue weighted by Crippen LogP contribution is -2.53. The average Bonchev–Trinajstić information content (AvgIpc) is 2.57. The van der Waals surface area contributed by atoms with Crippen molar-refractivity contribution >= 4 is 11.9 Å². The number of nitrogens with zero attached hydrogens (tertiary/aromatic N) is 3. The van der Waals surface area contributed by atoms with Gasteiger partial charge in [0.2, 0.25) is 5.91 Å². The van der Waals surface area contributed by atoms with E-state index in [0.717, 1.165) is 44.4 Å². The summed E-state index contributed by atoms with van der Waals surface area (Å²) in [5, 5.41) is 3.33. The predicted molar refractivity (Wildman–Crippen MR) is 101 cm³/mol. The van der Waals surface area contributed by atoms with Crippen LogP contribution in [0.1, 0.15) is 25.0 Å². The lowest BCUT2D eigenvalue weighted by Gasteiger charge is -2.36.